The smallest absolute Gasteiger partial charge is 0.296 e. The number of nitrogens with one attached hydrogen (secondary N) is 1. The van der Waals surface area contributed by atoms with E-state index in [4.69, 9.17) is 15.4 Å². The van der Waals surface area contributed by atoms with Crippen molar-refractivity contribution < 1.29 is 18.1 Å². The van der Waals surface area contributed by atoms with Crippen LogP contribution in [0.2, 0.25) is 0 Å². The Bertz CT molecular complexity index is 444. The molecule has 0 saturated carbocycles. The standard InChI is InChI=1S/C8H12N2O4S/c9-6-2-1-3-7(15(12,13)14)8(6)10-4-5-11/h1-3,10-11H,4-5,9H2,(H,12,13,14). The summed E-state index contributed by atoms with van der Waals surface area (Å²) >= 11 is 0. The van der Waals surface area contributed by atoms with Crippen LogP contribution in [0.15, 0.2) is 23.1 Å². The van der Waals surface area contributed by atoms with Crippen LogP contribution < -0.4 is 11.1 Å². The Morgan fingerprint density at radius 3 is 2.60 bits per heavy atom. The summed E-state index contributed by atoms with van der Waals surface area (Å²) in [4.78, 5) is -0.295. The molecule has 0 aromatic heterocycles. The maximum atomic E-state index is 11.0. The molecule has 0 bridgehead atoms. The molecule has 7 heteroatoms. The average Bonchev–Trinajstić information content (AvgIpc) is 2.14. The largest absolute Gasteiger partial charge is 0.397 e. The Hall–Kier alpha value is -1.31. The molecule has 0 saturated heterocycles. The number of para-hydroxylation sites is 1. The second-order valence-corrected chi connectivity index (χ2v) is 4.24. The molecule has 1 aromatic carbocycles. The molecule has 0 atom stereocenters. The minimum Gasteiger partial charge on any atom is -0.397 e. The highest BCUT2D eigenvalue weighted by Crippen LogP contribution is 2.26. The molecule has 1 aromatic rings. The summed E-state index contributed by atoms with van der Waals surface area (Å²) in [7, 11) is -4.31. The molecule has 0 fully saturated rings. The zero-order chi connectivity index (χ0) is 11.5. The van der Waals surface area contributed by atoms with Crippen LogP contribution in [0.3, 0.4) is 0 Å². The first-order valence-corrected chi connectivity index (χ1v) is 5.61. The van der Waals surface area contributed by atoms with Crippen LogP contribution in [0.1, 0.15) is 0 Å². The topological polar surface area (TPSA) is 113 Å². The van der Waals surface area contributed by atoms with Gasteiger partial charge in [0, 0.05) is 6.54 Å². The Morgan fingerprint density at radius 1 is 1.40 bits per heavy atom. The van der Waals surface area contributed by atoms with Crippen molar-refractivity contribution >= 4 is 21.5 Å². The molecule has 0 aliphatic heterocycles. The quantitative estimate of drug-likeness (QED) is 0.426. The molecule has 15 heavy (non-hydrogen) atoms. The van der Waals surface area contributed by atoms with Crippen LogP contribution in [0.4, 0.5) is 11.4 Å². The van der Waals surface area contributed by atoms with Crippen molar-refractivity contribution in [2.24, 2.45) is 0 Å². The van der Waals surface area contributed by atoms with Crippen molar-refractivity contribution in [3.8, 4) is 0 Å². The van der Waals surface area contributed by atoms with E-state index in [1.807, 2.05) is 0 Å². The average molecular weight is 232 g/mol. The van der Waals surface area contributed by atoms with Gasteiger partial charge in [-0.25, -0.2) is 0 Å². The van der Waals surface area contributed by atoms with E-state index in [0.29, 0.717) is 0 Å². The molecule has 0 heterocycles. The van der Waals surface area contributed by atoms with Gasteiger partial charge in [0.05, 0.1) is 18.0 Å². The number of anilines is 2. The summed E-state index contributed by atoms with van der Waals surface area (Å²) < 4.78 is 30.8. The van der Waals surface area contributed by atoms with Gasteiger partial charge in [0.2, 0.25) is 0 Å². The molecule has 0 spiro atoms. The van der Waals surface area contributed by atoms with Gasteiger partial charge in [-0.1, -0.05) is 6.07 Å². The highest BCUT2D eigenvalue weighted by atomic mass is 32.2. The number of nitrogens with two attached hydrogens (primary N) is 1. The second-order valence-electron chi connectivity index (χ2n) is 2.85. The van der Waals surface area contributed by atoms with Gasteiger partial charge >= 0.3 is 0 Å². The van der Waals surface area contributed by atoms with Crippen molar-refractivity contribution in [3.05, 3.63) is 18.2 Å². The fourth-order valence-corrected chi connectivity index (χ4v) is 1.83. The third kappa shape index (κ3) is 2.82. The summed E-state index contributed by atoms with van der Waals surface area (Å²) in [5, 5.41) is 11.2. The molecule has 5 N–H and O–H groups in total. The zero-order valence-electron chi connectivity index (χ0n) is 7.84. The van der Waals surface area contributed by atoms with Gasteiger partial charge in [-0.3, -0.25) is 4.55 Å². The minimum atomic E-state index is -4.31. The summed E-state index contributed by atoms with van der Waals surface area (Å²) in [5.74, 6) is 0. The maximum absolute atomic E-state index is 11.0. The van der Waals surface area contributed by atoms with Gasteiger partial charge in [0.1, 0.15) is 4.90 Å². The van der Waals surface area contributed by atoms with E-state index in [1.54, 1.807) is 0 Å². The fourth-order valence-electron chi connectivity index (χ4n) is 1.13. The normalized spacial score (nSPS) is 11.3. The first kappa shape index (κ1) is 11.8. The minimum absolute atomic E-state index is 0.106. The van der Waals surface area contributed by atoms with Crippen molar-refractivity contribution in [2.45, 2.75) is 4.90 Å². The highest BCUT2D eigenvalue weighted by Gasteiger charge is 2.16. The van der Waals surface area contributed by atoms with Crippen LogP contribution in [0.25, 0.3) is 0 Å². The van der Waals surface area contributed by atoms with Gasteiger partial charge < -0.3 is 16.2 Å². The van der Waals surface area contributed by atoms with Gasteiger partial charge in [-0.05, 0) is 12.1 Å². The Morgan fingerprint density at radius 2 is 2.07 bits per heavy atom. The molecule has 0 unspecified atom stereocenters. The number of aliphatic hydroxyl groups is 1. The first-order valence-electron chi connectivity index (χ1n) is 4.17. The number of hydrogen-bond acceptors (Lipinski definition) is 5. The summed E-state index contributed by atoms with van der Waals surface area (Å²) in [6.07, 6.45) is 0. The lowest BCUT2D eigenvalue weighted by Crippen LogP contribution is -2.12. The highest BCUT2D eigenvalue weighted by molar-refractivity contribution is 7.86. The Labute approximate surface area is 87.5 Å². The van der Waals surface area contributed by atoms with Crippen LogP contribution in [-0.2, 0) is 10.1 Å². The third-order valence-corrected chi connectivity index (χ3v) is 2.65. The predicted octanol–water partition coefficient (Wildman–Crippen LogP) is -0.0803. The van der Waals surface area contributed by atoms with E-state index in [1.165, 1.54) is 18.2 Å². The van der Waals surface area contributed by atoms with Gasteiger partial charge in [-0.2, -0.15) is 8.42 Å². The number of benzene rings is 1. The molecular formula is C8H12N2O4S. The van der Waals surface area contributed by atoms with Crippen LogP contribution >= 0.6 is 0 Å². The number of aliphatic hydroxyl groups excluding tert-OH is 1. The molecule has 0 aliphatic rings. The van der Waals surface area contributed by atoms with E-state index >= 15 is 0 Å². The summed E-state index contributed by atoms with van der Waals surface area (Å²) in [5.41, 5.74) is 5.84. The van der Waals surface area contributed by atoms with Crippen LogP contribution in [-0.4, -0.2) is 31.2 Å². The molecular weight excluding hydrogens is 220 g/mol. The van der Waals surface area contributed by atoms with Gasteiger partial charge in [0.15, 0.2) is 0 Å². The lowest BCUT2D eigenvalue weighted by molar-refractivity contribution is 0.311. The molecule has 1 rings (SSSR count). The third-order valence-electron chi connectivity index (χ3n) is 1.75. The number of nitrogen functional groups attached to an aromatic ring is 1. The molecule has 6 nitrogen and oxygen atoms in total. The Kier molecular flexibility index (Phi) is 3.51. The number of hydrogen-bond donors (Lipinski definition) is 4. The van der Waals surface area contributed by atoms with Crippen molar-refractivity contribution in [1.82, 2.24) is 0 Å². The maximum Gasteiger partial charge on any atom is 0.296 e. The Balaban J connectivity index is 3.21. The van der Waals surface area contributed by atoms with Crippen molar-refractivity contribution in [2.75, 3.05) is 24.2 Å². The molecule has 0 aliphatic carbocycles. The fraction of sp³-hybridized carbons (Fsp3) is 0.250. The SMILES string of the molecule is Nc1cccc(S(=O)(=O)O)c1NCCO. The van der Waals surface area contributed by atoms with Crippen LogP contribution in [0.5, 0.6) is 0 Å². The predicted molar refractivity (Wildman–Crippen MR) is 56.2 cm³/mol. The van der Waals surface area contributed by atoms with E-state index in [0.717, 1.165) is 0 Å². The van der Waals surface area contributed by atoms with Gasteiger partial charge in [0.25, 0.3) is 10.1 Å². The lowest BCUT2D eigenvalue weighted by Gasteiger charge is -2.11. The van der Waals surface area contributed by atoms with E-state index < -0.39 is 10.1 Å². The van der Waals surface area contributed by atoms with E-state index in [9.17, 15) is 8.42 Å². The summed E-state index contributed by atoms with van der Waals surface area (Å²) in [6, 6.07) is 4.14. The molecule has 0 radical (unpaired) electrons. The van der Waals surface area contributed by atoms with Crippen LogP contribution in [0, 0.1) is 0 Å². The molecule has 84 valence electrons. The second kappa shape index (κ2) is 4.47. The monoisotopic (exact) mass is 232 g/mol. The van der Waals surface area contributed by atoms with Crippen molar-refractivity contribution in [3.63, 3.8) is 0 Å². The number of rotatable bonds is 4. The zero-order valence-corrected chi connectivity index (χ0v) is 8.66. The van der Waals surface area contributed by atoms with E-state index in [-0.39, 0.29) is 29.4 Å². The first-order chi connectivity index (χ1) is 6.96. The summed E-state index contributed by atoms with van der Waals surface area (Å²) in [6.45, 7) is -0.0179. The molecule has 0 amide bonds. The van der Waals surface area contributed by atoms with Crippen molar-refractivity contribution in [1.29, 1.82) is 0 Å². The van der Waals surface area contributed by atoms with E-state index in [2.05, 4.69) is 5.32 Å². The van der Waals surface area contributed by atoms with Gasteiger partial charge in [-0.15, -0.1) is 0 Å². The lowest BCUT2D eigenvalue weighted by atomic mass is 10.2.